The van der Waals surface area contributed by atoms with E-state index >= 15 is 0 Å². The third kappa shape index (κ3) is 1.40. The van der Waals surface area contributed by atoms with Crippen LogP contribution in [0.15, 0.2) is 12.5 Å². The second-order valence-electron chi connectivity index (χ2n) is 4.84. The van der Waals surface area contributed by atoms with E-state index in [-0.39, 0.29) is 5.54 Å². The lowest BCUT2D eigenvalue weighted by Gasteiger charge is -2.33. The van der Waals surface area contributed by atoms with Crippen LogP contribution in [0, 0.1) is 0 Å². The van der Waals surface area contributed by atoms with Gasteiger partial charge in [-0.05, 0) is 13.3 Å². The maximum atomic E-state index is 5.51. The molecule has 1 atom stereocenters. The lowest BCUT2D eigenvalue weighted by atomic mass is 9.95. The molecule has 0 bridgehead atoms. The Bertz CT molecular complexity index is 350. The fraction of sp³-hybridized carbons (Fsp3) is 0.727. The predicted octanol–water partition coefficient (Wildman–Crippen LogP) is 0.705. The Hall–Kier alpha value is -0.870. The van der Waals surface area contributed by atoms with Crippen molar-refractivity contribution in [3.63, 3.8) is 0 Å². The van der Waals surface area contributed by atoms with Gasteiger partial charge in [0, 0.05) is 37.5 Å². The molecule has 15 heavy (non-hydrogen) atoms. The molecule has 1 aromatic heterocycles. The van der Waals surface area contributed by atoms with Gasteiger partial charge < -0.3 is 14.6 Å². The Kier molecular flexibility index (Phi) is 2.07. The first kappa shape index (κ1) is 9.36. The van der Waals surface area contributed by atoms with Crippen LogP contribution in [-0.4, -0.2) is 35.9 Å². The van der Waals surface area contributed by atoms with Crippen LogP contribution in [-0.2, 0) is 10.3 Å². The standard InChI is InChI=1S/C11H17N3O/c1-11(2-3-15-7-11)14-8-13-6-10(14)9-4-12-5-9/h6,8-9,12H,2-5,7H2,1H3. The lowest BCUT2D eigenvalue weighted by Crippen LogP contribution is -2.43. The average Bonchev–Trinajstić information content (AvgIpc) is 2.71. The van der Waals surface area contributed by atoms with Gasteiger partial charge in [-0.15, -0.1) is 0 Å². The third-order valence-electron chi connectivity index (χ3n) is 3.65. The molecule has 1 unspecified atom stereocenters. The van der Waals surface area contributed by atoms with Crippen molar-refractivity contribution in [1.82, 2.24) is 14.9 Å². The monoisotopic (exact) mass is 207 g/mol. The number of hydrogen-bond donors (Lipinski definition) is 1. The van der Waals surface area contributed by atoms with Crippen LogP contribution in [0.2, 0.25) is 0 Å². The van der Waals surface area contributed by atoms with Crippen molar-refractivity contribution in [2.75, 3.05) is 26.3 Å². The highest BCUT2D eigenvalue weighted by atomic mass is 16.5. The summed E-state index contributed by atoms with van der Waals surface area (Å²) in [6, 6.07) is 0. The van der Waals surface area contributed by atoms with Gasteiger partial charge in [-0.2, -0.15) is 0 Å². The maximum Gasteiger partial charge on any atom is 0.0954 e. The molecule has 3 rings (SSSR count). The second kappa shape index (κ2) is 3.32. The number of nitrogens with one attached hydrogen (secondary N) is 1. The molecule has 2 fully saturated rings. The molecule has 0 aliphatic carbocycles. The predicted molar refractivity (Wildman–Crippen MR) is 56.9 cm³/mol. The molecule has 1 N–H and O–H groups in total. The SMILES string of the molecule is CC1(n2cncc2C2CNC2)CCOC1. The van der Waals surface area contributed by atoms with Crippen molar-refractivity contribution in [3.05, 3.63) is 18.2 Å². The topological polar surface area (TPSA) is 39.1 Å². The molecule has 4 nitrogen and oxygen atoms in total. The minimum Gasteiger partial charge on any atom is -0.379 e. The summed E-state index contributed by atoms with van der Waals surface area (Å²) in [6.07, 6.45) is 5.06. The van der Waals surface area contributed by atoms with E-state index in [0.717, 1.165) is 32.7 Å². The summed E-state index contributed by atoms with van der Waals surface area (Å²) < 4.78 is 7.83. The highest BCUT2D eigenvalue weighted by Gasteiger charge is 2.35. The summed E-state index contributed by atoms with van der Waals surface area (Å²) in [7, 11) is 0. The van der Waals surface area contributed by atoms with Gasteiger partial charge in [0.2, 0.25) is 0 Å². The summed E-state index contributed by atoms with van der Waals surface area (Å²) in [5, 5.41) is 3.31. The van der Waals surface area contributed by atoms with E-state index in [4.69, 9.17) is 4.74 Å². The number of rotatable bonds is 2. The van der Waals surface area contributed by atoms with Gasteiger partial charge in [-0.25, -0.2) is 4.98 Å². The van der Waals surface area contributed by atoms with Gasteiger partial charge in [0.15, 0.2) is 0 Å². The Balaban J connectivity index is 1.93. The minimum atomic E-state index is 0.126. The van der Waals surface area contributed by atoms with E-state index < -0.39 is 0 Å². The molecule has 0 aromatic carbocycles. The normalized spacial score (nSPS) is 31.8. The van der Waals surface area contributed by atoms with Crippen LogP contribution in [0.25, 0.3) is 0 Å². The molecule has 4 heteroatoms. The van der Waals surface area contributed by atoms with Crippen LogP contribution in [0.5, 0.6) is 0 Å². The summed E-state index contributed by atoms with van der Waals surface area (Å²) in [4.78, 5) is 4.29. The second-order valence-corrected chi connectivity index (χ2v) is 4.84. The molecule has 0 saturated carbocycles. The van der Waals surface area contributed by atoms with E-state index in [1.807, 2.05) is 12.5 Å². The summed E-state index contributed by atoms with van der Waals surface area (Å²) in [5.74, 6) is 0.643. The molecule has 0 spiro atoms. The van der Waals surface area contributed by atoms with Gasteiger partial charge in [0.25, 0.3) is 0 Å². The van der Waals surface area contributed by atoms with Crippen LogP contribution in [0.1, 0.15) is 25.0 Å². The molecule has 0 amide bonds. The summed E-state index contributed by atoms with van der Waals surface area (Å²) in [5.41, 5.74) is 1.49. The minimum absolute atomic E-state index is 0.126. The van der Waals surface area contributed by atoms with Crippen molar-refractivity contribution >= 4 is 0 Å². The van der Waals surface area contributed by atoms with Crippen molar-refractivity contribution in [2.45, 2.75) is 24.8 Å². The Morgan fingerprint density at radius 3 is 3.07 bits per heavy atom. The Labute approximate surface area is 89.6 Å². The van der Waals surface area contributed by atoms with Gasteiger partial charge in [-0.3, -0.25) is 0 Å². The fourth-order valence-electron chi connectivity index (χ4n) is 2.40. The zero-order valence-corrected chi connectivity index (χ0v) is 9.07. The third-order valence-corrected chi connectivity index (χ3v) is 3.65. The first-order valence-electron chi connectivity index (χ1n) is 5.61. The van der Waals surface area contributed by atoms with E-state index in [0.29, 0.717) is 5.92 Å². The molecule has 2 aliphatic heterocycles. The Morgan fingerprint density at radius 1 is 1.60 bits per heavy atom. The number of hydrogen-bond acceptors (Lipinski definition) is 3. The van der Waals surface area contributed by atoms with Crippen LogP contribution in [0.4, 0.5) is 0 Å². The van der Waals surface area contributed by atoms with Gasteiger partial charge in [0.1, 0.15) is 0 Å². The zero-order chi connectivity index (χ0) is 10.3. The van der Waals surface area contributed by atoms with Gasteiger partial charge >= 0.3 is 0 Å². The maximum absolute atomic E-state index is 5.51. The quantitative estimate of drug-likeness (QED) is 0.776. The van der Waals surface area contributed by atoms with Crippen LogP contribution < -0.4 is 5.32 Å². The van der Waals surface area contributed by atoms with E-state index in [2.05, 4.69) is 21.8 Å². The van der Waals surface area contributed by atoms with Crippen molar-refractivity contribution in [2.24, 2.45) is 0 Å². The molecule has 82 valence electrons. The highest BCUT2D eigenvalue weighted by Crippen LogP contribution is 2.31. The molecule has 0 radical (unpaired) electrons. The van der Waals surface area contributed by atoms with Crippen LogP contribution in [0.3, 0.4) is 0 Å². The molecular weight excluding hydrogens is 190 g/mol. The van der Waals surface area contributed by atoms with Gasteiger partial charge in [0.05, 0.1) is 18.5 Å². The molecule has 2 aliphatic rings. The molecule has 3 heterocycles. The molecule has 2 saturated heterocycles. The van der Waals surface area contributed by atoms with E-state index in [1.165, 1.54) is 5.69 Å². The number of nitrogens with zero attached hydrogens (tertiary/aromatic N) is 2. The number of imidazole rings is 1. The van der Waals surface area contributed by atoms with Crippen molar-refractivity contribution in [3.8, 4) is 0 Å². The van der Waals surface area contributed by atoms with E-state index in [1.54, 1.807) is 0 Å². The first-order valence-corrected chi connectivity index (χ1v) is 5.61. The van der Waals surface area contributed by atoms with Crippen molar-refractivity contribution < 1.29 is 4.74 Å². The summed E-state index contributed by atoms with van der Waals surface area (Å²) >= 11 is 0. The van der Waals surface area contributed by atoms with Gasteiger partial charge in [-0.1, -0.05) is 0 Å². The van der Waals surface area contributed by atoms with Crippen molar-refractivity contribution in [1.29, 1.82) is 0 Å². The Morgan fingerprint density at radius 2 is 2.47 bits per heavy atom. The zero-order valence-electron chi connectivity index (χ0n) is 9.07. The fourth-order valence-corrected chi connectivity index (χ4v) is 2.40. The lowest BCUT2D eigenvalue weighted by molar-refractivity contribution is 0.159. The first-order chi connectivity index (χ1) is 7.30. The largest absolute Gasteiger partial charge is 0.379 e. The summed E-state index contributed by atoms with van der Waals surface area (Å²) in [6.45, 7) is 6.12. The van der Waals surface area contributed by atoms with Crippen LogP contribution >= 0.6 is 0 Å². The molecular formula is C11H17N3O. The highest BCUT2D eigenvalue weighted by molar-refractivity contribution is 5.14. The molecule has 1 aromatic rings. The number of aromatic nitrogens is 2. The smallest absolute Gasteiger partial charge is 0.0954 e. The van der Waals surface area contributed by atoms with E-state index in [9.17, 15) is 0 Å². The number of ether oxygens (including phenoxy) is 1. The average molecular weight is 207 g/mol.